The van der Waals surface area contributed by atoms with Crippen molar-refractivity contribution in [2.45, 2.75) is 26.8 Å². The molecule has 0 aliphatic rings. The Morgan fingerprint density at radius 1 is 0.958 bits per heavy atom. The molecule has 0 radical (unpaired) electrons. The minimum absolute atomic E-state index is 0.0526. The normalized spacial score (nSPS) is 10.8. The maximum atomic E-state index is 12.2. The number of benzene rings is 2. The van der Waals surface area contributed by atoms with Gasteiger partial charge in [-0.1, -0.05) is 38.1 Å². The number of amides is 1. The van der Waals surface area contributed by atoms with Gasteiger partial charge < -0.3 is 10.4 Å². The number of aromatic hydroxyl groups is 1. The van der Waals surface area contributed by atoms with Crippen LogP contribution in [-0.2, 0) is 13.0 Å². The first-order valence-electron chi connectivity index (χ1n) is 8.49. The topological polar surface area (TPSA) is 52.6 Å². The molecule has 2 aromatic rings. The summed E-state index contributed by atoms with van der Waals surface area (Å²) in [5.74, 6) is 0.204. The number of nitrogens with one attached hydrogen (secondary N) is 1. The Hall–Kier alpha value is -2.33. The van der Waals surface area contributed by atoms with Crippen LogP contribution in [-0.4, -0.2) is 35.5 Å². The van der Waals surface area contributed by atoms with E-state index in [4.69, 9.17) is 0 Å². The standard InChI is InChI=1S/C20H26N2O2/c1-3-22(4-2)15-17-5-9-18(10-6-17)20(24)21-14-13-16-7-11-19(23)12-8-16/h5-12,23H,3-4,13-15H2,1-2H3,(H,21,24). The molecule has 24 heavy (non-hydrogen) atoms. The molecule has 0 atom stereocenters. The summed E-state index contributed by atoms with van der Waals surface area (Å²) in [7, 11) is 0. The number of phenols is 1. The van der Waals surface area contributed by atoms with Gasteiger partial charge in [-0.05, 0) is 54.9 Å². The molecule has 0 saturated heterocycles. The third-order valence-electron chi connectivity index (χ3n) is 4.15. The van der Waals surface area contributed by atoms with Crippen LogP contribution >= 0.6 is 0 Å². The second-order valence-electron chi connectivity index (χ2n) is 5.83. The Kier molecular flexibility index (Phi) is 6.82. The van der Waals surface area contributed by atoms with E-state index < -0.39 is 0 Å². The van der Waals surface area contributed by atoms with Crippen molar-refractivity contribution in [3.05, 3.63) is 65.2 Å². The molecule has 4 heteroatoms. The van der Waals surface area contributed by atoms with Crippen LogP contribution in [0.2, 0.25) is 0 Å². The smallest absolute Gasteiger partial charge is 0.251 e. The van der Waals surface area contributed by atoms with Crippen molar-refractivity contribution < 1.29 is 9.90 Å². The first-order chi connectivity index (χ1) is 11.6. The predicted molar refractivity (Wildman–Crippen MR) is 97.2 cm³/mol. The fourth-order valence-corrected chi connectivity index (χ4v) is 2.55. The average Bonchev–Trinajstić information content (AvgIpc) is 2.61. The molecule has 0 heterocycles. The lowest BCUT2D eigenvalue weighted by Gasteiger charge is -2.18. The zero-order chi connectivity index (χ0) is 17.4. The van der Waals surface area contributed by atoms with E-state index in [1.165, 1.54) is 5.56 Å². The molecule has 2 N–H and O–H groups in total. The quantitative estimate of drug-likeness (QED) is 0.783. The zero-order valence-electron chi connectivity index (χ0n) is 14.5. The Balaban J connectivity index is 1.82. The Labute approximate surface area is 144 Å². The summed E-state index contributed by atoms with van der Waals surface area (Å²) >= 11 is 0. The number of hydrogen-bond acceptors (Lipinski definition) is 3. The molecular weight excluding hydrogens is 300 g/mol. The van der Waals surface area contributed by atoms with Crippen LogP contribution in [0, 0.1) is 0 Å². The lowest BCUT2D eigenvalue weighted by molar-refractivity contribution is 0.0954. The largest absolute Gasteiger partial charge is 0.508 e. The highest BCUT2D eigenvalue weighted by Gasteiger charge is 2.06. The van der Waals surface area contributed by atoms with Gasteiger partial charge in [0.2, 0.25) is 0 Å². The summed E-state index contributed by atoms with van der Waals surface area (Å²) in [4.78, 5) is 14.5. The van der Waals surface area contributed by atoms with Crippen molar-refractivity contribution in [1.82, 2.24) is 10.2 Å². The molecule has 0 aliphatic carbocycles. The molecule has 0 bridgehead atoms. The molecule has 0 aliphatic heterocycles. The fourth-order valence-electron chi connectivity index (χ4n) is 2.55. The number of carbonyl (C=O) groups is 1. The zero-order valence-corrected chi connectivity index (χ0v) is 14.5. The highest BCUT2D eigenvalue weighted by atomic mass is 16.3. The summed E-state index contributed by atoms with van der Waals surface area (Å²) in [6, 6.07) is 14.9. The third kappa shape index (κ3) is 5.39. The lowest BCUT2D eigenvalue weighted by atomic mass is 10.1. The van der Waals surface area contributed by atoms with Crippen LogP contribution in [0.4, 0.5) is 0 Å². The van der Waals surface area contributed by atoms with E-state index in [1.54, 1.807) is 12.1 Å². The molecule has 0 unspecified atom stereocenters. The van der Waals surface area contributed by atoms with Crippen molar-refractivity contribution in [2.24, 2.45) is 0 Å². The number of carbonyl (C=O) groups excluding carboxylic acids is 1. The van der Waals surface area contributed by atoms with Gasteiger partial charge in [-0.3, -0.25) is 9.69 Å². The predicted octanol–water partition coefficient (Wildman–Crippen LogP) is 3.21. The lowest BCUT2D eigenvalue weighted by Crippen LogP contribution is -2.26. The van der Waals surface area contributed by atoms with Crippen LogP contribution < -0.4 is 5.32 Å². The Morgan fingerprint density at radius 3 is 2.12 bits per heavy atom. The van der Waals surface area contributed by atoms with Crippen LogP contribution in [0.25, 0.3) is 0 Å². The number of phenolic OH excluding ortho intramolecular Hbond substituents is 1. The molecule has 2 aromatic carbocycles. The molecule has 0 spiro atoms. The summed E-state index contributed by atoms with van der Waals surface area (Å²) in [6.07, 6.45) is 0.742. The fraction of sp³-hybridized carbons (Fsp3) is 0.350. The Morgan fingerprint density at radius 2 is 1.54 bits per heavy atom. The Bertz CT molecular complexity index is 632. The van der Waals surface area contributed by atoms with E-state index in [0.717, 1.165) is 31.6 Å². The highest BCUT2D eigenvalue weighted by molar-refractivity contribution is 5.94. The van der Waals surface area contributed by atoms with E-state index in [0.29, 0.717) is 12.1 Å². The van der Waals surface area contributed by atoms with Crippen molar-refractivity contribution in [2.75, 3.05) is 19.6 Å². The number of rotatable bonds is 8. The van der Waals surface area contributed by atoms with Gasteiger partial charge in [0.15, 0.2) is 0 Å². The molecule has 4 nitrogen and oxygen atoms in total. The van der Waals surface area contributed by atoms with Gasteiger partial charge in [-0.15, -0.1) is 0 Å². The van der Waals surface area contributed by atoms with E-state index in [-0.39, 0.29) is 11.7 Å². The second-order valence-corrected chi connectivity index (χ2v) is 5.83. The van der Waals surface area contributed by atoms with Crippen LogP contribution in [0.15, 0.2) is 48.5 Å². The molecule has 2 rings (SSSR count). The minimum atomic E-state index is -0.0526. The monoisotopic (exact) mass is 326 g/mol. The van der Waals surface area contributed by atoms with Gasteiger partial charge in [0.25, 0.3) is 5.91 Å². The molecule has 1 amide bonds. The molecule has 0 fully saturated rings. The second kappa shape index (κ2) is 9.08. The van der Waals surface area contributed by atoms with Gasteiger partial charge in [0.1, 0.15) is 5.75 Å². The number of hydrogen-bond donors (Lipinski definition) is 2. The maximum Gasteiger partial charge on any atom is 0.251 e. The third-order valence-corrected chi connectivity index (χ3v) is 4.15. The van der Waals surface area contributed by atoms with Crippen LogP contribution in [0.1, 0.15) is 35.3 Å². The van der Waals surface area contributed by atoms with E-state index in [2.05, 4.69) is 24.1 Å². The molecular formula is C20H26N2O2. The summed E-state index contributed by atoms with van der Waals surface area (Å²) in [6.45, 7) is 7.84. The van der Waals surface area contributed by atoms with Gasteiger partial charge in [0, 0.05) is 18.7 Å². The molecule has 0 aromatic heterocycles. The summed E-state index contributed by atoms with van der Waals surface area (Å²) in [5, 5.41) is 12.2. The first-order valence-corrected chi connectivity index (χ1v) is 8.49. The van der Waals surface area contributed by atoms with E-state index in [1.807, 2.05) is 36.4 Å². The van der Waals surface area contributed by atoms with Crippen molar-refractivity contribution >= 4 is 5.91 Å². The van der Waals surface area contributed by atoms with Crippen molar-refractivity contribution in [3.8, 4) is 5.75 Å². The summed E-state index contributed by atoms with van der Waals surface area (Å²) < 4.78 is 0. The highest BCUT2D eigenvalue weighted by Crippen LogP contribution is 2.10. The van der Waals surface area contributed by atoms with Crippen LogP contribution in [0.5, 0.6) is 5.75 Å². The average molecular weight is 326 g/mol. The van der Waals surface area contributed by atoms with Crippen molar-refractivity contribution in [1.29, 1.82) is 0 Å². The minimum Gasteiger partial charge on any atom is -0.508 e. The van der Waals surface area contributed by atoms with Gasteiger partial charge >= 0.3 is 0 Å². The number of nitrogens with zero attached hydrogens (tertiary/aromatic N) is 1. The van der Waals surface area contributed by atoms with E-state index >= 15 is 0 Å². The molecule has 128 valence electrons. The van der Waals surface area contributed by atoms with Gasteiger partial charge in [-0.25, -0.2) is 0 Å². The van der Waals surface area contributed by atoms with Gasteiger partial charge in [0.05, 0.1) is 0 Å². The van der Waals surface area contributed by atoms with Gasteiger partial charge in [-0.2, -0.15) is 0 Å². The summed E-state index contributed by atoms with van der Waals surface area (Å²) in [5.41, 5.74) is 2.99. The maximum absolute atomic E-state index is 12.2. The SMILES string of the molecule is CCN(CC)Cc1ccc(C(=O)NCCc2ccc(O)cc2)cc1. The van der Waals surface area contributed by atoms with E-state index in [9.17, 15) is 9.90 Å². The molecule has 0 saturated carbocycles. The van der Waals surface area contributed by atoms with Crippen molar-refractivity contribution in [3.63, 3.8) is 0 Å². The first kappa shape index (κ1) is 18.0. The van der Waals surface area contributed by atoms with Crippen LogP contribution in [0.3, 0.4) is 0 Å².